The Morgan fingerprint density at radius 1 is 1.21 bits per heavy atom. The number of rotatable bonds is 5. The molecule has 0 aliphatic carbocycles. The van der Waals surface area contributed by atoms with E-state index in [9.17, 15) is 4.79 Å². The number of benzene rings is 1. The number of fused-ring (bicyclic) bond motifs is 1. The summed E-state index contributed by atoms with van der Waals surface area (Å²) in [6.45, 7) is 1.52. The molecule has 1 fully saturated rings. The van der Waals surface area contributed by atoms with Crippen molar-refractivity contribution < 1.29 is 9.53 Å². The van der Waals surface area contributed by atoms with Crippen molar-refractivity contribution >= 4 is 51.8 Å². The summed E-state index contributed by atoms with van der Waals surface area (Å²) in [5.41, 5.74) is 4.44. The molecule has 1 saturated heterocycles. The second kappa shape index (κ2) is 9.62. The summed E-state index contributed by atoms with van der Waals surface area (Å²) in [5.74, 6) is -0.264. The molecular weight excluding hydrogens is 473 g/mol. The van der Waals surface area contributed by atoms with Crippen LogP contribution in [0, 0.1) is 0 Å². The predicted molar refractivity (Wildman–Crippen MR) is 135 cm³/mol. The maximum Gasteiger partial charge on any atom is 0.251 e. The maximum absolute atomic E-state index is 12.8. The van der Waals surface area contributed by atoms with Gasteiger partial charge in [0.15, 0.2) is 0 Å². The first-order chi connectivity index (χ1) is 16.5. The highest BCUT2D eigenvalue weighted by atomic mass is 35.5. The number of H-pyrrole nitrogens is 1. The highest BCUT2D eigenvalue weighted by molar-refractivity contribution is 6.37. The number of aromatic nitrogens is 4. The molecule has 1 aliphatic rings. The van der Waals surface area contributed by atoms with E-state index in [1.54, 1.807) is 31.3 Å². The number of aromatic amines is 1. The number of ether oxygens (including phenoxy) is 1. The normalized spacial score (nSPS) is 15.1. The number of carbonyl (C=O) groups excluding carboxylic acids is 1. The third kappa shape index (κ3) is 4.46. The first kappa shape index (κ1) is 22.7. The molecule has 34 heavy (non-hydrogen) atoms. The lowest BCUT2D eigenvalue weighted by Gasteiger charge is -2.22. The van der Waals surface area contributed by atoms with E-state index in [2.05, 4.69) is 32.6 Å². The van der Waals surface area contributed by atoms with Gasteiger partial charge < -0.3 is 15.0 Å². The Morgan fingerprint density at radius 3 is 2.82 bits per heavy atom. The van der Waals surface area contributed by atoms with Gasteiger partial charge in [-0.2, -0.15) is 5.10 Å². The van der Waals surface area contributed by atoms with E-state index < -0.39 is 0 Å². The van der Waals surface area contributed by atoms with Crippen LogP contribution in [-0.4, -0.2) is 45.9 Å². The molecule has 5 rings (SSSR count). The molecule has 7 nitrogen and oxygen atoms in total. The van der Waals surface area contributed by atoms with Crippen molar-refractivity contribution in [2.24, 2.45) is 0 Å². The minimum atomic E-state index is -0.264. The van der Waals surface area contributed by atoms with Crippen molar-refractivity contribution in [2.75, 3.05) is 20.3 Å². The molecule has 1 aromatic carbocycles. The van der Waals surface area contributed by atoms with Crippen molar-refractivity contribution in [3.05, 3.63) is 70.2 Å². The summed E-state index contributed by atoms with van der Waals surface area (Å²) < 4.78 is 7.48. The van der Waals surface area contributed by atoms with Crippen molar-refractivity contribution in [2.45, 2.75) is 18.9 Å². The largest absolute Gasteiger partial charge is 0.381 e. The number of carbonyl (C=O) groups is 1. The van der Waals surface area contributed by atoms with Gasteiger partial charge in [-0.3, -0.25) is 9.48 Å². The van der Waals surface area contributed by atoms with Crippen LogP contribution in [0.25, 0.3) is 33.8 Å². The van der Waals surface area contributed by atoms with Gasteiger partial charge in [-0.25, -0.2) is 4.98 Å². The average molecular weight is 496 g/mol. The molecule has 3 aromatic heterocycles. The fourth-order valence-corrected chi connectivity index (χ4v) is 4.59. The topological polar surface area (TPSA) is 84.8 Å². The van der Waals surface area contributed by atoms with Crippen LogP contribution < -0.4 is 5.32 Å². The van der Waals surface area contributed by atoms with Crippen LogP contribution in [0.5, 0.6) is 0 Å². The summed E-state index contributed by atoms with van der Waals surface area (Å²) in [4.78, 5) is 20.5. The molecule has 1 aliphatic heterocycles. The van der Waals surface area contributed by atoms with Gasteiger partial charge in [0.1, 0.15) is 5.65 Å². The Labute approximate surface area is 206 Å². The van der Waals surface area contributed by atoms with E-state index in [0.717, 1.165) is 53.8 Å². The predicted octanol–water partition coefficient (Wildman–Crippen LogP) is 5.37. The monoisotopic (exact) mass is 495 g/mol. The molecule has 0 bridgehead atoms. The van der Waals surface area contributed by atoms with Crippen LogP contribution in [0.1, 0.15) is 30.0 Å². The lowest BCUT2D eigenvalue weighted by atomic mass is 10.0. The molecule has 2 N–H and O–H groups in total. The first-order valence-electron chi connectivity index (χ1n) is 11.0. The molecule has 174 valence electrons. The van der Waals surface area contributed by atoms with Gasteiger partial charge >= 0.3 is 0 Å². The molecule has 0 radical (unpaired) electrons. The molecule has 0 spiro atoms. The standard InChI is InChI=1S/C25H23Cl2N5O2/c1-28-25(33)22(21-10-18(26)2-3-23(21)27)9-16-12-30-24-20(16)8-15(11-29-24)17-13-31-32(14-17)19-4-6-34-7-5-19/h2-3,8-14,19H,4-7H2,1H3,(H,28,33)(H,29,30)/b22-9-. The van der Waals surface area contributed by atoms with Crippen LogP contribution in [0.2, 0.25) is 10.0 Å². The summed E-state index contributed by atoms with van der Waals surface area (Å²) in [6.07, 6.45) is 11.3. The van der Waals surface area contributed by atoms with Crippen LogP contribution in [0.15, 0.2) is 49.1 Å². The molecule has 9 heteroatoms. The van der Waals surface area contributed by atoms with Crippen LogP contribution in [0.3, 0.4) is 0 Å². The highest BCUT2D eigenvalue weighted by Gasteiger charge is 2.18. The Morgan fingerprint density at radius 2 is 2.03 bits per heavy atom. The first-order valence-corrected chi connectivity index (χ1v) is 11.8. The fraction of sp³-hybridized carbons (Fsp3) is 0.240. The summed E-state index contributed by atoms with van der Waals surface area (Å²) in [5, 5.41) is 9.09. The molecule has 4 heterocycles. The minimum Gasteiger partial charge on any atom is -0.381 e. The molecule has 4 aromatic rings. The number of halogens is 2. The van der Waals surface area contributed by atoms with E-state index in [1.165, 1.54) is 0 Å². The van der Waals surface area contributed by atoms with E-state index >= 15 is 0 Å². The number of nitrogens with one attached hydrogen (secondary N) is 2. The Bertz CT molecular complexity index is 1390. The second-order valence-electron chi connectivity index (χ2n) is 8.18. The zero-order valence-corrected chi connectivity index (χ0v) is 20.0. The van der Waals surface area contributed by atoms with Crippen LogP contribution in [-0.2, 0) is 9.53 Å². The number of amides is 1. The van der Waals surface area contributed by atoms with Gasteiger partial charge in [-0.15, -0.1) is 0 Å². The summed E-state index contributed by atoms with van der Waals surface area (Å²) in [7, 11) is 1.58. The number of pyridine rings is 1. The van der Waals surface area contributed by atoms with Crippen LogP contribution in [0.4, 0.5) is 0 Å². The van der Waals surface area contributed by atoms with Crippen molar-refractivity contribution in [1.82, 2.24) is 25.1 Å². The van der Waals surface area contributed by atoms with Gasteiger partial charge in [0, 0.05) is 82.1 Å². The lowest BCUT2D eigenvalue weighted by Crippen LogP contribution is -2.19. The number of hydrogen-bond acceptors (Lipinski definition) is 4. The van der Waals surface area contributed by atoms with E-state index in [4.69, 9.17) is 27.9 Å². The third-order valence-electron chi connectivity index (χ3n) is 6.05. The summed E-state index contributed by atoms with van der Waals surface area (Å²) in [6, 6.07) is 7.46. The van der Waals surface area contributed by atoms with Crippen LogP contribution >= 0.6 is 23.2 Å². The lowest BCUT2D eigenvalue weighted by molar-refractivity contribution is -0.115. The Hall–Kier alpha value is -3.13. The van der Waals surface area contributed by atoms with Gasteiger partial charge in [0.2, 0.25) is 0 Å². The van der Waals surface area contributed by atoms with Gasteiger partial charge in [0.05, 0.1) is 12.2 Å². The Balaban J connectivity index is 1.55. The third-order valence-corrected chi connectivity index (χ3v) is 6.62. The number of hydrogen-bond donors (Lipinski definition) is 2. The molecule has 1 amide bonds. The van der Waals surface area contributed by atoms with E-state index in [1.807, 2.05) is 23.3 Å². The van der Waals surface area contributed by atoms with Crippen molar-refractivity contribution in [3.63, 3.8) is 0 Å². The second-order valence-corrected chi connectivity index (χ2v) is 9.02. The van der Waals surface area contributed by atoms with Crippen molar-refractivity contribution in [3.8, 4) is 11.1 Å². The smallest absolute Gasteiger partial charge is 0.251 e. The fourth-order valence-electron chi connectivity index (χ4n) is 4.20. The van der Waals surface area contributed by atoms with Gasteiger partial charge in [-0.05, 0) is 43.2 Å². The number of likely N-dealkylation sites (N-methyl/N-ethyl adjacent to an activating group) is 1. The zero-order chi connectivity index (χ0) is 23.7. The van der Waals surface area contributed by atoms with E-state index in [0.29, 0.717) is 27.2 Å². The van der Waals surface area contributed by atoms with Gasteiger partial charge in [-0.1, -0.05) is 23.2 Å². The quantitative estimate of drug-likeness (QED) is 0.364. The molecule has 0 saturated carbocycles. The minimum absolute atomic E-state index is 0.264. The van der Waals surface area contributed by atoms with Gasteiger partial charge in [0.25, 0.3) is 5.91 Å². The average Bonchev–Trinajstić information content (AvgIpc) is 3.51. The highest BCUT2D eigenvalue weighted by Crippen LogP contribution is 2.32. The zero-order valence-electron chi connectivity index (χ0n) is 18.5. The number of nitrogens with zero attached hydrogens (tertiary/aromatic N) is 3. The maximum atomic E-state index is 12.8. The molecular formula is C25H23Cl2N5O2. The summed E-state index contributed by atoms with van der Waals surface area (Å²) >= 11 is 12.6. The molecule has 0 atom stereocenters. The SMILES string of the molecule is CNC(=O)/C(=C\c1c[nH]c2ncc(-c3cnn(C4CCOCC4)c3)cc12)c1cc(Cl)ccc1Cl. The Kier molecular flexibility index (Phi) is 6.41. The van der Waals surface area contributed by atoms with Crippen molar-refractivity contribution in [1.29, 1.82) is 0 Å². The van der Waals surface area contributed by atoms with E-state index in [-0.39, 0.29) is 5.91 Å². The molecule has 0 unspecified atom stereocenters.